The molecule has 0 bridgehead atoms. The summed E-state index contributed by atoms with van der Waals surface area (Å²) in [6.45, 7) is 11.8. The number of carbonyl (C=O) groups is 1. The fourth-order valence-corrected chi connectivity index (χ4v) is 2.82. The lowest BCUT2D eigenvalue weighted by Crippen LogP contribution is -2.27. The molecule has 1 amide bonds. The predicted molar refractivity (Wildman–Crippen MR) is 110 cm³/mol. The van der Waals surface area contributed by atoms with Gasteiger partial charge in [-0.2, -0.15) is 0 Å². The van der Waals surface area contributed by atoms with Gasteiger partial charge in [-0.15, -0.1) is 0 Å². The number of hydrogen-bond acceptors (Lipinski definition) is 5. The molecule has 1 aromatic carbocycles. The van der Waals surface area contributed by atoms with Crippen molar-refractivity contribution in [2.75, 3.05) is 23.3 Å². The fourth-order valence-electron chi connectivity index (χ4n) is 2.82. The molecule has 0 saturated heterocycles. The highest BCUT2D eigenvalue weighted by Gasteiger charge is 2.16. The third kappa shape index (κ3) is 5.94. The number of ether oxygens (including phenoxy) is 1. The van der Waals surface area contributed by atoms with E-state index in [0.29, 0.717) is 23.0 Å². The molecule has 146 valence electrons. The summed E-state index contributed by atoms with van der Waals surface area (Å²) >= 11 is 0. The van der Waals surface area contributed by atoms with Crippen molar-refractivity contribution in [2.24, 2.45) is 0 Å². The van der Waals surface area contributed by atoms with Gasteiger partial charge in [0, 0.05) is 19.2 Å². The monoisotopic (exact) mass is 370 g/mol. The zero-order valence-electron chi connectivity index (χ0n) is 17.0. The Balaban J connectivity index is 2.27. The highest BCUT2D eigenvalue weighted by atomic mass is 16.5. The molecule has 1 N–H and O–H groups in total. The van der Waals surface area contributed by atoms with Crippen molar-refractivity contribution in [1.29, 1.82) is 0 Å². The Morgan fingerprint density at radius 2 is 1.81 bits per heavy atom. The normalized spacial score (nSPS) is 10.7. The van der Waals surface area contributed by atoms with Gasteiger partial charge in [0.25, 0.3) is 5.91 Å². The molecule has 2 rings (SSSR count). The lowest BCUT2D eigenvalue weighted by molar-refractivity contribution is 0.102. The number of aromatic nitrogens is 2. The number of para-hydroxylation sites is 2. The van der Waals surface area contributed by atoms with Gasteiger partial charge in [0.15, 0.2) is 0 Å². The van der Waals surface area contributed by atoms with Gasteiger partial charge < -0.3 is 15.0 Å². The molecule has 0 unspecified atom stereocenters. The van der Waals surface area contributed by atoms with Gasteiger partial charge in [0.2, 0.25) is 0 Å². The van der Waals surface area contributed by atoms with E-state index in [2.05, 4.69) is 34.0 Å². The van der Waals surface area contributed by atoms with Crippen LogP contribution in [-0.4, -0.2) is 35.1 Å². The van der Waals surface area contributed by atoms with E-state index >= 15 is 0 Å². The molecule has 27 heavy (non-hydrogen) atoms. The summed E-state index contributed by atoms with van der Waals surface area (Å²) < 4.78 is 5.78. The highest BCUT2D eigenvalue weighted by molar-refractivity contribution is 6.04. The van der Waals surface area contributed by atoms with E-state index in [4.69, 9.17) is 4.74 Å². The molecular formula is C21H30N4O2. The second kappa shape index (κ2) is 9.90. The van der Waals surface area contributed by atoms with Crippen LogP contribution in [0.4, 0.5) is 11.5 Å². The van der Waals surface area contributed by atoms with E-state index in [1.54, 1.807) is 6.07 Å². The van der Waals surface area contributed by atoms with Gasteiger partial charge in [-0.25, -0.2) is 9.97 Å². The maximum absolute atomic E-state index is 12.8. The molecule has 0 aliphatic heterocycles. The second-order valence-corrected chi connectivity index (χ2v) is 6.76. The molecule has 0 atom stereocenters. The minimum atomic E-state index is -0.269. The van der Waals surface area contributed by atoms with Crippen LogP contribution < -0.4 is 15.0 Å². The summed E-state index contributed by atoms with van der Waals surface area (Å²) in [5, 5.41) is 2.92. The van der Waals surface area contributed by atoms with E-state index in [1.807, 2.05) is 45.0 Å². The van der Waals surface area contributed by atoms with Crippen LogP contribution in [-0.2, 0) is 0 Å². The topological polar surface area (TPSA) is 67.4 Å². The number of nitrogens with zero attached hydrogens (tertiary/aromatic N) is 3. The van der Waals surface area contributed by atoms with Crippen molar-refractivity contribution < 1.29 is 9.53 Å². The first-order chi connectivity index (χ1) is 12.9. The van der Waals surface area contributed by atoms with Crippen LogP contribution in [0.15, 0.2) is 30.3 Å². The minimum Gasteiger partial charge on any atom is -0.489 e. The van der Waals surface area contributed by atoms with E-state index in [1.165, 1.54) is 0 Å². The third-order valence-electron chi connectivity index (χ3n) is 3.87. The summed E-state index contributed by atoms with van der Waals surface area (Å²) in [6.07, 6.45) is 2.06. The summed E-state index contributed by atoms with van der Waals surface area (Å²) in [4.78, 5) is 23.9. The van der Waals surface area contributed by atoms with Gasteiger partial charge in [0.1, 0.15) is 23.1 Å². The summed E-state index contributed by atoms with van der Waals surface area (Å²) in [5.41, 5.74) is 0.988. The molecule has 0 aliphatic carbocycles. The van der Waals surface area contributed by atoms with E-state index in [9.17, 15) is 4.79 Å². The number of aryl methyl sites for hydroxylation is 1. The molecule has 1 aromatic heterocycles. The third-order valence-corrected chi connectivity index (χ3v) is 3.87. The summed E-state index contributed by atoms with van der Waals surface area (Å²) in [5.74, 6) is 1.75. The Morgan fingerprint density at radius 3 is 2.44 bits per heavy atom. The first-order valence-corrected chi connectivity index (χ1v) is 9.62. The highest BCUT2D eigenvalue weighted by Crippen LogP contribution is 2.25. The van der Waals surface area contributed by atoms with E-state index in [0.717, 1.165) is 31.7 Å². The number of nitrogens with one attached hydrogen (secondary N) is 1. The lowest BCUT2D eigenvalue weighted by Gasteiger charge is -2.23. The largest absolute Gasteiger partial charge is 0.489 e. The van der Waals surface area contributed by atoms with Gasteiger partial charge in [-0.05, 0) is 45.7 Å². The van der Waals surface area contributed by atoms with Crippen molar-refractivity contribution in [3.05, 3.63) is 41.9 Å². The average Bonchev–Trinajstić information content (AvgIpc) is 2.62. The Bertz CT molecular complexity index is 756. The van der Waals surface area contributed by atoms with Gasteiger partial charge >= 0.3 is 0 Å². The Labute approximate surface area is 162 Å². The molecule has 2 aromatic rings. The smallest absolute Gasteiger partial charge is 0.274 e. The second-order valence-electron chi connectivity index (χ2n) is 6.76. The Kier molecular flexibility index (Phi) is 7.58. The van der Waals surface area contributed by atoms with Gasteiger partial charge in [-0.3, -0.25) is 4.79 Å². The van der Waals surface area contributed by atoms with E-state index in [-0.39, 0.29) is 12.0 Å². The van der Waals surface area contributed by atoms with E-state index < -0.39 is 0 Å². The van der Waals surface area contributed by atoms with Gasteiger partial charge in [-0.1, -0.05) is 26.0 Å². The minimum absolute atomic E-state index is 0.0209. The molecule has 6 nitrogen and oxygen atoms in total. The zero-order chi connectivity index (χ0) is 19.8. The molecule has 0 spiro atoms. The van der Waals surface area contributed by atoms with Crippen LogP contribution >= 0.6 is 0 Å². The van der Waals surface area contributed by atoms with Crippen LogP contribution in [0.2, 0.25) is 0 Å². The van der Waals surface area contributed by atoms with Gasteiger partial charge in [0.05, 0.1) is 11.8 Å². The maximum atomic E-state index is 12.8. The number of rotatable bonds is 9. The summed E-state index contributed by atoms with van der Waals surface area (Å²) in [7, 11) is 0. The average molecular weight is 370 g/mol. The Morgan fingerprint density at radius 1 is 1.15 bits per heavy atom. The number of anilines is 2. The van der Waals surface area contributed by atoms with Crippen molar-refractivity contribution >= 4 is 17.4 Å². The SMILES string of the molecule is CCCN(CCC)c1cc(C(=O)Nc2ccccc2OC(C)C)nc(C)n1. The standard InChI is InChI=1S/C21H30N4O2/c1-6-12-25(13-7-2)20-14-18(22-16(5)23-20)21(26)24-17-10-8-9-11-19(17)27-15(3)4/h8-11,14-15H,6-7,12-13H2,1-5H3,(H,24,26). The predicted octanol–water partition coefficient (Wildman–Crippen LogP) is 4.45. The molecular weight excluding hydrogens is 340 g/mol. The number of benzene rings is 1. The molecule has 0 radical (unpaired) electrons. The lowest BCUT2D eigenvalue weighted by atomic mass is 10.2. The fraction of sp³-hybridized carbons (Fsp3) is 0.476. The number of amides is 1. The first-order valence-electron chi connectivity index (χ1n) is 9.62. The quantitative estimate of drug-likeness (QED) is 0.706. The van der Waals surface area contributed by atoms with Crippen molar-refractivity contribution in [2.45, 2.75) is 53.6 Å². The zero-order valence-corrected chi connectivity index (χ0v) is 17.0. The molecule has 0 saturated carbocycles. The van der Waals surface area contributed by atoms with Crippen LogP contribution in [0.1, 0.15) is 56.8 Å². The van der Waals surface area contributed by atoms with Crippen molar-refractivity contribution in [3.8, 4) is 5.75 Å². The van der Waals surface area contributed by atoms with Crippen LogP contribution in [0.3, 0.4) is 0 Å². The molecule has 0 aliphatic rings. The van der Waals surface area contributed by atoms with Crippen LogP contribution in [0.25, 0.3) is 0 Å². The maximum Gasteiger partial charge on any atom is 0.274 e. The summed E-state index contributed by atoms with van der Waals surface area (Å²) in [6, 6.07) is 9.18. The number of hydrogen-bond donors (Lipinski definition) is 1. The molecule has 0 fully saturated rings. The number of carbonyl (C=O) groups excluding carboxylic acids is 1. The van der Waals surface area contributed by atoms with Crippen LogP contribution in [0.5, 0.6) is 5.75 Å². The Hall–Kier alpha value is -2.63. The molecule has 6 heteroatoms. The van der Waals surface area contributed by atoms with Crippen molar-refractivity contribution in [1.82, 2.24) is 9.97 Å². The van der Waals surface area contributed by atoms with Crippen LogP contribution in [0, 0.1) is 6.92 Å². The molecule has 1 heterocycles. The first kappa shape index (κ1) is 20.7. The van der Waals surface area contributed by atoms with Crippen molar-refractivity contribution in [3.63, 3.8) is 0 Å².